The monoisotopic (exact) mass is 542 g/mol. The zero-order valence-electron chi connectivity index (χ0n) is 14.9. The number of nitrogens with zero attached hydrogens (tertiary/aromatic N) is 2. The molecule has 3 heterocycles. The van der Waals surface area contributed by atoms with Crippen molar-refractivity contribution in [2.45, 2.75) is 43.9 Å². The first-order valence-electron chi connectivity index (χ1n) is 8.90. The molecule has 1 aromatic carbocycles. The number of carbonyl (C=O) groups excluding carboxylic acids is 3. The topological polar surface area (TPSA) is 69.7 Å². The molecule has 6 nitrogen and oxygen atoms in total. The Kier molecular flexibility index (Phi) is 5.55. The third-order valence-electron chi connectivity index (χ3n) is 5.69. The molecule has 2 saturated heterocycles. The summed E-state index contributed by atoms with van der Waals surface area (Å²) in [6.45, 7) is 1.45. The van der Waals surface area contributed by atoms with E-state index >= 15 is 4.39 Å². The number of piperidine rings is 2. The zero-order valence-corrected chi connectivity index (χ0v) is 17.8. The summed E-state index contributed by atoms with van der Waals surface area (Å²) in [4.78, 5) is 39.4. The van der Waals surface area contributed by atoms with E-state index < -0.39 is 17.6 Å². The quantitative estimate of drug-likeness (QED) is 0.455. The SMILES string of the molecule is [CH2-]N1CCC(F)(c2ccc3c(c2)CN(C2CCC(=O)NC2=O)C3=O)CC1.[W]. The molecular formula is C19H21FN3O3W-. The first kappa shape index (κ1) is 20.2. The third kappa shape index (κ3) is 3.59. The molecule has 0 saturated carbocycles. The van der Waals surface area contributed by atoms with Crippen molar-refractivity contribution in [3.05, 3.63) is 41.9 Å². The van der Waals surface area contributed by atoms with Gasteiger partial charge in [0.15, 0.2) is 0 Å². The van der Waals surface area contributed by atoms with Crippen molar-refractivity contribution in [1.29, 1.82) is 0 Å². The molecule has 1 N–H and O–H groups in total. The summed E-state index contributed by atoms with van der Waals surface area (Å²) in [5.74, 6) is -0.984. The van der Waals surface area contributed by atoms with Gasteiger partial charge in [0.25, 0.3) is 5.91 Å². The number of amides is 3. The van der Waals surface area contributed by atoms with Gasteiger partial charge in [0.1, 0.15) is 11.7 Å². The number of benzene rings is 1. The number of imide groups is 1. The Morgan fingerprint density at radius 3 is 2.56 bits per heavy atom. The molecule has 3 amide bonds. The van der Waals surface area contributed by atoms with Crippen molar-refractivity contribution >= 4 is 17.7 Å². The van der Waals surface area contributed by atoms with Crippen LogP contribution in [0, 0.1) is 7.05 Å². The fourth-order valence-corrected chi connectivity index (χ4v) is 4.05. The van der Waals surface area contributed by atoms with Gasteiger partial charge in [-0.3, -0.25) is 26.7 Å². The summed E-state index contributed by atoms with van der Waals surface area (Å²) in [5, 5.41) is 2.28. The summed E-state index contributed by atoms with van der Waals surface area (Å²) in [6, 6.07) is 4.46. The van der Waals surface area contributed by atoms with Crippen LogP contribution in [0.5, 0.6) is 0 Å². The summed E-state index contributed by atoms with van der Waals surface area (Å²) in [6.07, 6.45) is 1.29. The fraction of sp³-hybridized carbons (Fsp3) is 0.474. The molecule has 0 bridgehead atoms. The van der Waals surface area contributed by atoms with Gasteiger partial charge in [-0.1, -0.05) is 12.1 Å². The van der Waals surface area contributed by atoms with E-state index in [0.717, 1.165) is 5.56 Å². The molecule has 0 spiro atoms. The minimum Gasteiger partial charge on any atom is -0.459 e. The Bertz CT molecular complexity index is 792. The molecule has 0 aromatic heterocycles. The van der Waals surface area contributed by atoms with Crippen LogP contribution in [-0.4, -0.2) is 46.7 Å². The first-order chi connectivity index (χ1) is 12.4. The summed E-state index contributed by atoms with van der Waals surface area (Å²) in [7, 11) is 3.85. The van der Waals surface area contributed by atoms with Crippen molar-refractivity contribution in [2.24, 2.45) is 0 Å². The predicted octanol–water partition coefficient (Wildman–Crippen LogP) is 1.50. The largest absolute Gasteiger partial charge is 0.459 e. The Hall–Kier alpha value is -1.59. The van der Waals surface area contributed by atoms with Gasteiger partial charge >= 0.3 is 0 Å². The molecular weight excluding hydrogens is 521 g/mol. The van der Waals surface area contributed by atoms with Crippen LogP contribution in [0.2, 0.25) is 0 Å². The van der Waals surface area contributed by atoms with Crippen LogP contribution in [0.3, 0.4) is 0 Å². The molecule has 27 heavy (non-hydrogen) atoms. The van der Waals surface area contributed by atoms with Gasteiger partial charge in [-0.25, -0.2) is 4.39 Å². The standard InChI is InChI=1S/C19H21FN3O3.W/c1-22-8-6-19(20,7-9-22)13-2-3-14-12(10-13)11-23(18(14)26)15-4-5-16(24)21-17(15)25;/h2-3,10,15H,1,4-9,11H2,(H,21,24,25);/q-1;. The van der Waals surface area contributed by atoms with Crippen LogP contribution in [0.4, 0.5) is 4.39 Å². The van der Waals surface area contributed by atoms with E-state index in [4.69, 9.17) is 0 Å². The normalized spacial score (nSPS) is 25.0. The van der Waals surface area contributed by atoms with E-state index in [1.54, 1.807) is 18.2 Å². The van der Waals surface area contributed by atoms with Crippen LogP contribution >= 0.6 is 0 Å². The molecule has 0 aliphatic carbocycles. The van der Waals surface area contributed by atoms with E-state index in [-0.39, 0.29) is 45.8 Å². The number of nitrogens with one attached hydrogen (secondary N) is 1. The predicted molar refractivity (Wildman–Crippen MR) is 91.4 cm³/mol. The van der Waals surface area contributed by atoms with E-state index in [0.29, 0.717) is 43.5 Å². The Morgan fingerprint density at radius 2 is 1.89 bits per heavy atom. The second-order valence-corrected chi connectivity index (χ2v) is 7.36. The molecule has 1 atom stereocenters. The van der Waals surface area contributed by atoms with E-state index in [1.807, 2.05) is 4.90 Å². The molecule has 3 aliphatic heterocycles. The van der Waals surface area contributed by atoms with Crippen molar-refractivity contribution in [3.8, 4) is 0 Å². The fourth-order valence-electron chi connectivity index (χ4n) is 4.05. The molecule has 2 fully saturated rings. The molecule has 3 aliphatic rings. The van der Waals surface area contributed by atoms with Gasteiger partial charge in [0.05, 0.1) is 0 Å². The summed E-state index contributed by atoms with van der Waals surface area (Å²) >= 11 is 0. The Balaban J connectivity index is 0.00000210. The Labute approximate surface area is 171 Å². The number of hydrogen-bond acceptors (Lipinski definition) is 4. The number of fused-ring (bicyclic) bond motifs is 1. The second-order valence-electron chi connectivity index (χ2n) is 7.36. The van der Waals surface area contributed by atoms with Crippen molar-refractivity contribution in [2.75, 3.05) is 13.1 Å². The maximum atomic E-state index is 15.3. The smallest absolute Gasteiger partial charge is 0.255 e. The number of hydrogen-bond donors (Lipinski definition) is 1. The van der Waals surface area contributed by atoms with Gasteiger partial charge in [-0.15, -0.1) is 0 Å². The summed E-state index contributed by atoms with van der Waals surface area (Å²) in [5.41, 5.74) is 0.430. The van der Waals surface area contributed by atoms with E-state index in [1.165, 1.54) is 4.90 Å². The Morgan fingerprint density at radius 1 is 1.19 bits per heavy atom. The second kappa shape index (κ2) is 7.44. The molecule has 8 heteroatoms. The molecule has 4 rings (SSSR count). The van der Waals surface area contributed by atoms with Crippen LogP contribution < -0.4 is 5.32 Å². The zero-order chi connectivity index (χ0) is 18.5. The van der Waals surface area contributed by atoms with Gasteiger partial charge in [0, 0.05) is 39.6 Å². The van der Waals surface area contributed by atoms with Gasteiger partial charge in [0.2, 0.25) is 11.8 Å². The van der Waals surface area contributed by atoms with Gasteiger partial charge in [-0.2, -0.15) is 0 Å². The minimum absolute atomic E-state index is 0. The number of carbonyl (C=O) groups is 3. The molecule has 0 radical (unpaired) electrons. The molecule has 144 valence electrons. The minimum atomic E-state index is -1.41. The first-order valence-corrected chi connectivity index (χ1v) is 8.90. The average molecular weight is 542 g/mol. The molecule has 1 aromatic rings. The third-order valence-corrected chi connectivity index (χ3v) is 5.69. The molecule has 1 unspecified atom stereocenters. The average Bonchev–Trinajstić information content (AvgIpc) is 2.94. The van der Waals surface area contributed by atoms with Crippen LogP contribution in [0.25, 0.3) is 0 Å². The number of alkyl halides is 1. The van der Waals surface area contributed by atoms with Crippen LogP contribution in [-0.2, 0) is 42.9 Å². The number of likely N-dealkylation sites (tertiary alicyclic amines) is 1. The maximum absolute atomic E-state index is 15.3. The van der Waals surface area contributed by atoms with E-state index in [9.17, 15) is 14.4 Å². The van der Waals surface area contributed by atoms with Crippen LogP contribution in [0.1, 0.15) is 47.2 Å². The number of rotatable bonds is 2. The van der Waals surface area contributed by atoms with Crippen LogP contribution in [0.15, 0.2) is 18.2 Å². The number of halogens is 1. The van der Waals surface area contributed by atoms with Gasteiger partial charge in [-0.05, 0) is 49.5 Å². The van der Waals surface area contributed by atoms with Crippen molar-refractivity contribution < 1.29 is 39.8 Å². The maximum Gasteiger partial charge on any atom is 0.255 e. The van der Waals surface area contributed by atoms with E-state index in [2.05, 4.69) is 12.4 Å². The summed E-state index contributed by atoms with van der Waals surface area (Å²) < 4.78 is 15.3. The van der Waals surface area contributed by atoms with Gasteiger partial charge < -0.3 is 9.80 Å². The van der Waals surface area contributed by atoms with Crippen molar-refractivity contribution in [3.63, 3.8) is 0 Å². The van der Waals surface area contributed by atoms with Crippen molar-refractivity contribution in [1.82, 2.24) is 15.1 Å².